The van der Waals surface area contributed by atoms with Crippen LogP contribution in [0.5, 0.6) is 0 Å². The van der Waals surface area contributed by atoms with Gasteiger partial charge in [-0.3, -0.25) is 13.9 Å². The van der Waals surface area contributed by atoms with Crippen molar-refractivity contribution in [2.75, 3.05) is 10.8 Å². The average Bonchev–Trinajstić information content (AvgIpc) is 3.46. The highest BCUT2D eigenvalue weighted by Crippen LogP contribution is 2.26. The molecule has 1 saturated carbocycles. The van der Waals surface area contributed by atoms with Crippen molar-refractivity contribution in [3.63, 3.8) is 0 Å². The van der Waals surface area contributed by atoms with E-state index in [2.05, 4.69) is 5.32 Å². The van der Waals surface area contributed by atoms with Crippen molar-refractivity contribution in [1.82, 2.24) is 10.2 Å². The van der Waals surface area contributed by atoms with E-state index in [9.17, 15) is 18.0 Å². The van der Waals surface area contributed by atoms with Crippen molar-refractivity contribution in [1.29, 1.82) is 0 Å². The van der Waals surface area contributed by atoms with Gasteiger partial charge in [0.25, 0.3) is 10.0 Å². The van der Waals surface area contributed by atoms with Gasteiger partial charge in [-0.2, -0.15) is 0 Å². The summed E-state index contributed by atoms with van der Waals surface area (Å²) in [7, 11) is -4.06. The number of nitrogens with zero attached hydrogens (tertiary/aromatic N) is 2. The number of nitrogens with one attached hydrogen (secondary N) is 1. The second kappa shape index (κ2) is 13.1. The number of hydrogen-bond acceptors (Lipinski definition) is 4. The van der Waals surface area contributed by atoms with Crippen molar-refractivity contribution in [3.05, 3.63) is 95.6 Å². The molecule has 0 unspecified atom stereocenters. The number of benzene rings is 3. The molecular formula is C32H39N3O4S. The zero-order valence-electron chi connectivity index (χ0n) is 23.5. The molecule has 0 saturated heterocycles. The molecule has 3 aromatic rings. The maximum atomic E-state index is 14.2. The first-order valence-corrected chi connectivity index (χ1v) is 15.4. The summed E-state index contributed by atoms with van der Waals surface area (Å²) in [6, 6.07) is 22.3. The number of anilines is 1. The molecule has 7 nitrogen and oxygen atoms in total. The van der Waals surface area contributed by atoms with Gasteiger partial charge >= 0.3 is 0 Å². The van der Waals surface area contributed by atoms with Crippen LogP contribution in [0.15, 0.2) is 83.8 Å². The van der Waals surface area contributed by atoms with Gasteiger partial charge in [0.1, 0.15) is 12.6 Å². The van der Waals surface area contributed by atoms with E-state index in [1.165, 1.54) is 12.1 Å². The van der Waals surface area contributed by atoms with Crippen molar-refractivity contribution in [3.8, 4) is 0 Å². The third-order valence-corrected chi connectivity index (χ3v) is 9.41. The van der Waals surface area contributed by atoms with E-state index >= 15 is 0 Å². The molecular weight excluding hydrogens is 522 g/mol. The van der Waals surface area contributed by atoms with Crippen molar-refractivity contribution in [2.24, 2.45) is 0 Å². The van der Waals surface area contributed by atoms with Crippen LogP contribution < -0.4 is 9.62 Å². The largest absolute Gasteiger partial charge is 0.352 e. The normalized spacial score (nSPS) is 14.5. The molecule has 0 aromatic heterocycles. The van der Waals surface area contributed by atoms with Gasteiger partial charge < -0.3 is 10.2 Å². The van der Waals surface area contributed by atoms with Gasteiger partial charge in [0.15, 0.2) is 0 Å². The molecule has 0 heterocycles. The van der Waals surface area contributed by atoms with Crippen LogP contribution in [-0.4, -0.2) is 43.8 Å². The van der Waals surface area contributed by atoms with Gasteiger partial charge in [0.2, 0.25) is 11.8 Å². The monoisotopic (exact) mass is 561 g/mol. The molecule has 1 aliphatic rings. The lowest BCUT2D eigenvalue weighted by atomic mass is 10.1. The van der Waals surface area contributed by atoms with Crippen LogP contribution in [-0.2, 0) is 26.2 Å². The van der Waals surface area contributed by atoms with E-state index in [1.807, 2.05) is 57.2 Å². The zero-order chi connectivity index (χ0) is 28.7. The minimum absolute atomic E-state index is 0.0971. The average molecular weight is 562 g/mol. The molecule has 40 heavy (non-hydrogen) atoms. The van der Waals surface area contributed by atoms with E-state index in [1.54, 1.807) is 35.2 Å². The van der Waals surface area contributed by atoms with Gasteiger partial charge in [-0.25, -0.2) is 8.42 Å². The van der Waals surface area contributed by atoms with Gasteiger partial charge in [-0.15, -0.1) is 0 Å². The molecule has 1 N–H and O–H groups in total. The number of carbonyl (C=O) groups excluding carboxylic acids is 2. The Morgan fingerprint density at radius 2 is 1.52 bits per heavy atom. The molecule has 4 rings (SSSR count). The first-order chi connectivity index (χ1) is 19.2. The summed E-state index contributed by atoms with van der Waals surface area (Å²) in [6.45, 7) is 5.55. The highest BCUT2D eigenvalue weighted by Gasteiger charge is 2.34. The van der Waals surface area contributed by atoms with Gasteiger partial charge in [0, 0.05) is 12.6 Å². The third kappa shape index (κ3) is 6.91. The van der Waals surface area contributed by atoms with Gasteiger partial charge in [-0.1, -0.05) is 79.9 Å². The fourth-order valence-corrected chi connectivity index (χ4v) is 6.65. The number of amides is 2. The minimum atomic E-state index is -4.06. The Bertz CT molecular complexity index is 1400. The molecule has 1 atom stereocenters. The first-order valence-electron chi connectivity index (χ1n) is 14.0. The maximum absolute atomic E-state index is 14.2. The number of aryl methyl sites for hydroxylation is 2. The quantitative estimate of drug-likeness (QED) is 0.341. The lowest BCUT2D eigenvalue weighted by Gasteiger charge is -2.34. The van der Waals surface area contributed by atoms with Crippen molar-refractivity contribution < 1.29 is 18.0 Å². The highest BCUT2D eigenvalue weighted by molar-refractivity contribution is 7.92. The van der Waals surface area contributed by atoms with Crippen LogP contribution in [0.2, 0.25) is 0 Å². The number of rotatable bonds is 11. The van der Waals surface area contributed by atoms with Crippen molar-refractivity contribution >= 4 is 27.5 Å². The minimum Gasteiger partial charge on any atom is -0.352 e. The Hall–Kier alpha value is -3.65. The van der Waals surface area contributed by atoms with Crippen LogP contribution >= 0.6 is 0 Å². The summed E-state index contributed by atoms with van der Waals surface area (Å²) in [5.41, 5.74) is 3.28. The smallest absolute Gasteiger partial charge is 0.264 e. The zero-order valence-corrected chi connectivity index (χ0v) is 24.4. The molecule has 212 valence electrons. The van der Waals surface area contributed by atoms with E-state index < -0.39 is 28.5 Å². The highest BCUT2D eigenvalue weighted by atomic mass is 32.2. The summed E-state index contributed by atoms with van der Waals surface area (Å²) in [6.07, 6.45) is 4.44. The fraction of sp³-hybridized carbons (Fsp3) is 0.375. The number of hydrogen-bond donors (Lipinski definition) is 1. The van der Waals surface area contributed by atoms with Crippen molar-refractivity contribution in [2.45, 2.75) is 76.4 Å². The number of sulfonamides is 1. The third-order valence-electron chi connectivity index (χ3n) is 7.62. The summed E-state index contributed by atoms with van der Waals surface area (Å²) in [5, 5.41) is 3.15. The SMILES string of the molecule is CC[C@@H](C(=O)NC1CCCC1)N(Cc1ccccc1C)C(=O)CN(c1ccc(C)cc1)S(=O)(=O)c1ccccc1. The number of carbonyl (C=O) groups is 2. The maximum Gasteiger partial charge on any atom is 0.264 e. The van der Waals surface area contributed by atoms with Gasteiger partial charge in [0.05, 0.1) is 10.6 Å². The Balaban J connectivity index is 1.71. The molecule has 8 heteroatoms. The lowest BCUT2D eigenvalue weighted by Crippen LogP contribution is -2.53. The molecule has 1 fully saturated rings. The first kappa shape index (κ1) is 29.3. The Morgan fingerprint density at radius 1 is 0.900 bits per heavy atom. The lowest BCUT2D eigenvalue weighted by molar-refractivity contribution is -0.140. The topological polar surface area (TPSA) is 86.8 Å². The summed E-state index contributed by atoms with van der Waals surface area (Å²) < 4.78 is 28.9. The second-order valence-electron chi connectivity index (χ2n) is 10.5. The van der Waals surface area contributed by atoms with Crippen LogP contribution in [0.1, 0.15) is 55.7 Å². The van der Waals surface area contributed by atoms with E-state index in [-0.39, 0.29) is 23.4 Å². The fourth-order valence-electron chi connectivity index (χ4n) is 5.22. The van der Waals surface area contributed by atoms with E-state index in [0.717, 1.165) is 46.7 Å². The Morgan fingerprint density at radius 3 is 2.15 bits per heavy atom. The van der Waals surface area contributed by atoms with E-state index in [4.69, 9.17) is 0 Å². The molecule has 0 aliphatic heterocycles. The summed E-state index contributed by atoms with van der Waals surface area (Å²) >= 11 is 0. The molecule has 3 aromatic carbocycles. The summed E-state index contributed by atoms with van der Waals surface area (Å²) in [4.78, 5) is 29.3. The van der Waals surface area contributed by atoms with Crippen LogP contribution in [0.3, 0.4) is 0 Å². The molecule has 0 spiro atoms. The predicted octanol–water partition coefficient (Wildman–Crippen LogP) is 5.36. The molecule has 0 bridgehead atoms. The second-order valence-corrected chi connectivity index (χ2v) is 12.4. The molecule has 2 amide bonds. The standard InChI is InChI=1S/C32H39N3O4S/c1-4-30(32(37)33-27-14-10-11-15-27)34(22-26-13-9-8-12-25(26)3)31(36)23-35(28-20-18-24(2)19-21-28)40(38,39)29-16-6-5-7-17-29/h5-9,12-13,16-21,27,30H,4,10-11,14-15,22-23H2,1-3H3,(H,33,37)/t30-/m0/s1. The Labute approximate surface area is 238 Å². The Kier molecular flexibility index (Phi) is 9.63. The van der Waals surface area contributed by atoms with Crippen LogP contribution in [0.4, 0.5) is 5.69 Å². The summed E-state index contributed by atoms with van der Waals surface area (Å²) in [5.74, 6) is -0.624. The molecule has 1 aliphatic carbocycles. The van der Waals surface area contributed by atoms with Crippen LogP contribution in [0.25, 0.3) is 0 Å². The molecule has 0 radical (unpaired) electrons. The van der Waals surface area contributed by atoms with Gasteiger partial charge in [-0.05, 0) is 68.5 Å². The van der Waals surface area contributed by atoms with E-state index in [0.29, 0.717) is 12.1 Å². The van der Waals surface area contributed by atoms with Crippen LogP contribution in [0, 0.1) is 13.8 Å². The predicted molar refractivity (Wildman–Crippen MR) is 158 cm³/mol.